The Hall–Kier alpha value is -0.990. The minimum absolute atomic E-state index is 0.231. The predicted octanol–water partition coefficient (Wildman–Crippen LogP) is 2.76. The van der Waals surface area contributed by atoms with Gasteiger partial charge in [0, 0.05) is 17.8 Å². The monoisotopic (exact) mass is 210 g/mol. The number of nitrogens with zero attached hydrogens (tertiary/aromatic N) is 2. The summed E-state index contributed by atoms with van der Waals surface area (Å²) >= 11 is 0. The summed E-state index contributed by atoms with van der Waals surface area (Å²) < 4.78 is 1.93. The first-order chi connectivity index (χ1) is 7.10. The summed E-state index contributed by atoms with van der Waals surface area (Å²) in [5.41, 5.74) is 2.26. The summed E-state index contributed by atoms with van der Waals surface area (Å²) in [6.07, 6.45) is 2.97. The molecule has 0 aromatic carbocycles. The van der Waals surface area contributed by atoms with Crippen LogP contribution in [0.2, 0.25) is 0 Å². The van der Waals surface area contributed by atoms with Gasteiger partial charge in [-0.2, -0.15) is 0 Å². The van der Waals surface area contributed by atoms with Gasteiger partial charge in [-0.15, -0.1) is 5.10 Å². The molecule has 1 rings (SSSR count). The van der Waals surface area contributed by atoms with E-state index in [9.17, 15) is 5.11 Å². The van der Waals surface area contributed by atoms with E-state index in [4.69, 9.17) is 0 Å². The maximum absolute atomic E-state index is 9.76. The molecule has 0 saturated carbocycles. The molecular formula is C12H22N2O. The molecular weight excluding hydrogens is 188 g/mol. The first kappa shape index (κ1) is 12.1. The lowest BCUT2D eigenvalue weighted by atomic mass is 10.0. The second kappa shape index (κ2) is 5.19. The van der Waals surface area contributed by atoms with Crippen LogP contribution >= 0.6 is 0 Å². The van der Waals surface area contributed by atoms with Crippen LogP contribution in [0.15, 0.2) is 0 Å². The quantitative estimate of drug-likeness (QED) is 0.811. The summed E-state index contributed by atoms with van der Waals surface area (Å²) in [4.78, 5) is 0. The highest BCUT2D eigenvalue weighted by Gasteiger charge is 2.16. The van der Waals surface area contributed by atoms with Crippen LogP contribution in [0.5, 0.6) is 5.88 Å². The van der Waals surface area contributed by atoms with Gasteiger partial charge < -0.3 is 5.11 Å². The van der Waals surface area contributed by atoms with Crippen molar-refractivity contribution >= 4 is 0 Å². The van der Waals surface area contributed by atoms with Gasteiger partial charge in [-0.25, -0.2) is 0 Å². The SMILES string of the molecule is CCCc1c(O)nn(CC)c1CC(C)C. The van der Waals surface area contributed by atoms with Gasteiger partial charge in [0.1, 0.15) is 0 Å². The van der Waals surface area contributed by atoms with Crippen LogP contribution in [0, 0.1) is 5.92 Å². The number of hydrogen-bond donors (Lipinski definition) is 1. The molecule has 1 heterocycles. The van der Waals surface area contributed by atoms with E-state index in [0.717, 1.165) is 31.4 Å². The first-order valence-corrected chi connectivity index (χ1v) is 5.87. The third-order valence-corrected chi connectivity index (χ3v) is 2.55. The van der Waals surface area contributed by atoms with Crippen LogP contribution in [0.4, 0.5) is 0 Å². The third-order valence-electron chi connectivity index (χ3n) is 2.55. The van der Waals surface area contributed by atoms with Crippen molar-refractivity contribution in [2.75, 3.05) is 0 Å². The Morgan fingerprint density at radius 1 is 1.33 bits per heavy atom. The van der Waals surface area contributed by atoms with Crippen molar-refractivity contribution in [2.45, 2.75) is 53.5 Å². The molecule has 3 nitrogen and oxygen atoms in total. The summed E-state index contributed by atoms with van der Waals surface area (Å²) in [5.74, 6) is 0.830. The van der Waals surface area contributed by atoms with Crippen LogP contribution in [0.25, 0.3) is 0 Å². The molecule has 1 N–H and O–H groups in total. The Balaban J connectivity index is 3.04. The zero-order valence-corrected chi connectivity index (χ0v) is 10.2. The Morgan fingerprint density at radius 2 is 2.00 bits per heavy atom. The lowest BCUT2D eigenvalue weighted by molar-refractivity contribution is 0.433. The van der Waals surface area contributed by atoms with Crippen molar-refractivity contribution in [3.05, 3.63) is 11.3 Å². The van der Waals surface area contributed by atoms with E-state index in [-0.39, 0.29) is 5.88 Å². The van der Waals surface area contributed by atoms with Crippen molar-refractivity contribution < 1.29 is 5.11 Å². The fourth-order valence-corrected chi connectivity index (χ4v) is 1.90. The zero-order valence-electron chi connectivity index (χ0n) is 10.2. The lowest BCUT2D eigenvalue weighted by Gasteiger charge is -2.09. The standard InChI is InChI=1S/C12H22N2O/c1-5-7-10-11(8-9(3)4)14(6-2)13-12(10)15/h9H,5-8H2,1-4H3,(H,13,15). The van der Waals surface area contributed by atoms with Gasteiger partial charge in [0.15, 0.2) is 0 Å². The average Bonchev–Trinajstić information content (AvgIpc) is 2.45. The summed E-state index contributed by atoms with van der Waals surface area (Å²) in [7, 11) is 0. The fourth-order valence-electron chi connectivity index (χ4n) is 1.90. The van der Waals surface area contributed by atoms with E-state index in [1.165, 1.54) is 5.69 Å². The van der Waals surface area contributed by atoms with Crippen molar-refractivity contribution in [3.8, 4) is 5.88 Å². The van der Waals surface area contributed by atoms with E-state index in [1.54, 1.807) is 0 Å². The molecule has 0 unspecified atom stereocenters. The van der Waals surface area contributed by atoms with E-state index in [1.807, 2.05) is 4.68 Å². The van der Waals surface area contributed by atoms with Crippen LogP contribution in [0.1, 0.15) is 45.4 Å². The highest BCUT2D eigenvalue weighted by atomic mass is 16.3. The summed E-state index contributed by atoms with van der Waals surface area (Å²) in [6, 6.07) is 0. The van der Waals surface area contributed by atoms with Crippen molar-refractivity contribution in [2.24, 2.45) is 5.92 Å². The number of aromatic hydroxyl groups is 1. The van der Waals surface area contributed by atoms with Gasteiger partial charge in [-0.3, -0.25) is 4.68 Å². The van der Waals surface area contributed by atoms with E-state index >= 15 is 0 Å². The molecule has 15 heavy (non-hydrogen) atoms. The Kier molecular flexibility index (Phi) is 4.18. The molecule has 0 radical (unpaired) electrons. The average molecular weight is 210 g/mol. The maximum atomic E-state index is 9.76. The number of aromatic nitrogens is 2. The Bertz CT molecular complexity index is 316. The fraction of sp³-hybridized carbons (Fsp3) is 0.750. The predicted molar refractivity (Wildman–Crippen MR) is 62.1 cm³/mol. The number of hydrogen-bond acceptors (Lipinski definition) is 2. The largest absolute Gasteiger partial charge is 0.492 e. The van der Waals surface area contributed by atoms with Gasteiger partial charge in [0.05, 0.1) is 0 Å². The number of aryl methyl sites for hydroxylation is 1. The molecule has 0 saturated heterocycles. The minimum Gasteiger partial charge on any atom is -0.492 e. The molecule has 0 spiro atoms. The second-order valence-electron chi connectivity index (χ2n) is 4.41. The third kappa shape index (κ3) is 2.74. The Labute approximate surface area is 92.1 Å². The van der Waals surface area contributed by atoms with Crippen LogP contribution in [-0.2, 0) is 19.4 Å². The minimum atomic E-state index is 0.231. The molecule has 0 atom stereocenters. The molecule has 1 aromatic rings. The smallest absolute Gasteiger partial charge is 0.233 e. The van der Waals surface area contributed by atoms with Gasteiger partial charge in [0.25, 0.3) is 0 Å². The van der Waals surface area contributed by atoms with E-state index < -0.39 is 0 Å². The van der Waals surface area contributed by atoms with Gasteiger partial charge in [-0.05, 0) is 25.7 Å². The van der Waals surface area contributed by atoms with Gasteiger partial charge in [-0.1, -0.05) is 27.2 Å². The van der Waals surface area contributed by atoms with Gasteiger partial charge in [0.2, 0.25) is 5.88 Å². The van der Waals surface area contributed by atoms with E-state index in [0.29, 0.717) is 5.92 Å². The molecule has 3 heteroatoms. The molecule has 0 aliphatic carbocycles. The van der Waals surface area contributed by atoms with Crippen LogP contribution in [0.3, 0.4) is 0 Å². The molecule has 0 fully saturated rings. The van der Waals surface area contributed by atoms with Crippen molar-refractivity contribution in [3.63, 3.8) is 0 Å². The van der Waals surface area contributed by atoms with Crippen LogP contribution < -0.4 is 0 Å². The van der Waals surface area contributed by atoms with Crippen molar-refractivity contribution in [1.82, 2.24) is 9.78 Å². The molecule has 0 aliphatic heterocycles. The normalized spacial score (nSPS) is 11.3. The molecule has 86 valence electrons. The summed E-state index contributed by atoms with van der Waals surface area (Å²) in [6.45, 7) is 9.41. The Morgan fingerprint density at radius 3 is 2.47 bits per heavy atom. The molecule has 0 bridgehead atoms. The zero-order chi connectivity index (χ0) is 11.4. The maximum Gasteiger partial charge on any atom is 0.233 e. The molecule has 1 aromatic heterocycles. The second-order valence-corrected chi connectivity index (χ2v) is 4.41. The van der Waals surface area contributed by atoms with Crippen LogP contribution in [-0.4, -0.2) is 14.9 Å². The summed E-state index contributed by atoms with van der Waals surface area (Å²) in [5, 5.41) is 13.9. The lowest BCUT2D eigenvalue weighted by Crippen LogP contribution is -2.07. The molecule has 0 aliphatic rings. The first-order valence-electron chi connectivity index (χ1n) is 5.87. The number of rotatable bonds is 5. The van der Waals surface area contributed by atoms with E-state index in [2.05, 4.69) is 32.8 Å². The highest BCUT2D eigenvalue weighted by molar-refractivity contribution is 5.31. The molecule has 0 amide bonds. The van der Waals surface area contributed by atoms with Crippen molar-refractivity contribution in [1.29, 1.82) is 0 Å². The topological polar surface area (TPSA) is 38.1 Å². The highest BCUT2D eigenvalue weighted by Crippen LogP contribution is 2.24. The van der Waals surface area contributed by atoms with Gasteiger partial charge >= 0.3 is 0 Å².